The average Bonchev–Trinajstić information content (AvgIpc) is 2.93. The van der Waals surface area contributed by atoms with Crippen LogP contribution in [0.3, 0.4) is 0 Å². The lowest BCUT2D eigenvalue weighted by Crippen LogP contribution is -2.45. The second-order valence-corrected chi connectivity index (χ2v) is 8.57. The average molecular weight is 500 g/mol. The second-order valence-electron chi connectivity index (χ2n) is 8.14. The quantitative estimate of drug-likeness (QED) is 0.325. The summed E-state index contributed by atoms with van der Waals surface area (Å²) in [6, 6.07) is 28.4. The largest absolute Gasteiger partial charge is 0.484 e. The molecule has 0 saturated carbocycles. The number of hydrogen-bond acceptors (Lipinski definition) is 4. The van der Waals surface area contributed by atoms with Gasteiger partial charge in [-0.15, -0.1) is 0 Å². The van der Waals surface area contributed by atoms with E-state index in [1.54, 1.807) is 41.6 Å². The zero-order chi connectivity index (χ0) is 25.2. The molecule has 4 rings (SSSR count). The summed E-state index contributed by atoms with van der Waals surface area (Å²) >= 11 is 6.07. The molecule has 1 atom stereocenters. The molecule has 1 unspecified atom stereocenters. The first-order chi connectivity index (χ1) is 17.6. The molecule has 0 fully saturated rings. The molecule has 182 valence electrons. The zero-order valence-electron chi connectivity index (χ0n) is 19.6. The van der Waals surface area contributed by atoms with E-state index in [9.17, 15) is 9.59 Å². The van der Waals surface area contributed by atoms with Crippen LogP contribution in [0.5, 0.6) is 5.75 Å². The SMILES string of the molecule is O=C(NCc1ccncc1)C(c1ccccc1)N(Cc1ccc(Cl)cc1)C(=O)COc1ccccc1. The van der Waals surface area contributed by atoms with E-state index < -0.39 is 6.04 Å². The van der Waals surface area contributed by atoms with E-state index in [2.05, 4.69) is 10.3 Å². The van der Waals surface area contributed by atoms with E-state index >= 15 is 0 Å². The van der Waals surface area contributed by atoms with E-state index in [1.165, 1.54) is 0 Å². The number of hydrogen-bond donors (Lipinski definition) is 1. The number of benzene rings is 3. The van der Waals surface area contributed by atoms with Gasteiger partial charge in [0, 0.05) is 30.5 Å². The monoisotopic (exact) mass is 499 g/mol. The van der Waals surface area contributed by atoms with Gasteiger partial charge in [0.05, 0.1) is 0 Å². The third kappa shape index (κ3) is 6.93. The number of carbonyl (C=O) groups excluding carboxylic acids is 2. The Morgan fingerprint density at radius 2 is 1.47 bits per heavy atom. The second kappa shape index (κ2) is 12.5. The van der Waals surface area contributed by atoms with Crippen LogP contribution in [0.4, 0.5) is 0 Å². The van der Waals surface area contributed by atoms with Gasteiger partial charge in [0.1, 0.15) is 11.8 Å². The van der Waals surface area contributed by atoms with Gasteiger partial charge in [-0.25, -0.2) is 0 Å². The van der Waals surface area contributed by atoms with Crippen molar-refractivity contribution in [2.45, 2.75) is 19.1 Å². The fourth-order valence-corrected chi connectivity index (χ4v) is 3.88. The predicted octanol–water partition coefficient (Wildman–Crippen LogP) is 5.20. The Morgan fingerprint density at radius 1 is 0.833 bits per heavy atom. The molecule has 0 bridgehead atoms. The van der Waals surface area contributed by atoms with Gasteiger partial charge in [-0.3, -0.25) is 14.6 Å². The Hall–Kier alpha value is -4.16. The summed E-state index contributed by atoms with van der Waals surface area (Å²) in [6.07, 6.45) is 3.35. The summed E-state index contributed by atoms with van der Waals surface area (Å²) in [5, 5.41) is 3.58. The molecule has 0 radical (unpaired) electrons. The number of nitrogens with one attached hydrogen (secondary N) is 1. The lowest BCUT2D eigenvalue weighted by Gasteiger charge is -2.31. The molecule has 3 aromatic carbocycles. The predicted molar refractivity (Wildman–Crippen MR) is 139 cm³/mol. The van der Waals surface area contributed by atoms with Crippen LogP contribution in [0.2, 0.25) is 5.02 Å². The van der Waals surface area contributed by atoms with Gasteiger partial charge >= 0.3 is 0 Å². The fourth-order valence-electron chi connectivity index (χ4n) is 3.75. The van der Waals surface area contributed by atoms with Gasteiger partial charge in [-0.05, 0) is 53.1 Å². The number of rotatable bonds is 10. The van der Waals surface area contributed by atoms with Crippen molar-refractivity contribution in [3.8, 4) is 5.75 Å². The van der Waals surface area contributed by atoms with Gasteiger partial charge < -0.3 is 15.0 Å². The standard InChI is InChI=1S/C29H26ClN3O3/c30-25-13-11-23(12-14-25)20-33(27(34)21-36-26-9-5-2-6-10-26)28(24-7-3-1-4-8-24)29(35)32-19-22-15-17-31-18-16-22/h1-18,28H,19-21H2,(H,32,35). The maximum absolute atomic E-state index is 13.6. The fraction of sp³-hybridized carbons (Fsp3) is 0.138. The van der Waals surface area contributed by atoms with E-state index in [-0.39, 0.29) is 25.0 Å². The number of amides is 2. The third-order valence-corrected chi connectivity index (χ3v) is 5.84. The molecule has 4 aromatic rings. The highest BCUT2D eigenvalue weighted by Gasteiger charge is 2.31. The molecule has 0 saturated heterocycles. The van der Waals surface area contributed by atoms with Crippen LogP contribution in [0.15, 0.2) is 109 Å². The van der Waals surface area contributed by atoms with Gasteiger partial charge in [-0.2, -0.15) is 0 Å². The number of ether oxygens (including phenoxy) is 1. The van der Waals surface area contributed by atoms with E-state index in [4.69, 9.17) is 16.3 Å². The number of aromatic nitrogens is 1. The molecule has 0 aliphatic heterocycles. The van der Waals surface area contributed by atoms with Gasteiger partial charge in [0.2, 0.25) is 5.91 Å². The van der Waals surface area contributed by atoms with Crippen LogP contribution in [-0.2, 0) is 22.7 Å². The van der Waals surface area contributed by atoms with Gasteiger partial charge in [-0.1, -0.05) is 72.3 Å². The van der Waals surface area contributed by atoms with Gasteiger partial charge in [0.25, 0.3) is 5.91 Å². The highest BCUT2D eigenvalue weighted by Crippen LogP contribution is 2.25. The first-order valence-electron chi connectivity index (χ1n) is 11.5. The Balaban J connectivity index is 1.62. The topological polar surface area (TPSA) is 71.5 Å². The van der Waals surface area contributed by atoms with Gasteiger partial charge in [0.15, 0.2) is 6.61 Å². The Morgan fingerprint density at radius 3 is 2.14 bits per heavy atom. The molecule has 1 N–H and O–H groups in total. The lowest BCUT2D eigenvalue weighted by molar-refractivity contribution is -0.143. The number of carbonyl (C=O) groups is 2. The van der Waals surface area contributed by atoms with Crippen LogP contribution in [0.25, 0.3) is 0 Å². The molecule has 0 aliphatic rings. The molecule has 0 spiro atoms. The third-order valence-electron chi connectivity index (χ3n) is 5.58. The van der Waals surface area contributed by atoms with E-state index in [0.717, 1.165) is 11.1 Å². The van der Waals surface area contributed by atoms with E-state index in [1.807, 2.05) is 72.8 Å². The van der Waals surface area contributed by atoms with Crippen LogP contribution in [-0.4, -0.2) is 28.3 Å². The smallest absolute Gasteiger partial charge is 0.261 e. The lowest BCUT2D eigenvalue weighted by atomic mass is 10.0. The molecule has 2 amide bonds. The highest BCUT2D eigenvalue weighted by atomic mass is 35.5. The van der Waals surface area contributed by atoms with Crippen molar-refractivity contribution in [2.24, 2.45) is 0 Å². The van der Waals surface area contributed by atoms with Crippen molar-refractivity contribution >= 4 is 23.4 Å². The molecule has 1 heterocycles. The summed E-state index contributed by atoms with van der Waals surface area (Å²) in [7, 11) is 0. The first-order valence-corrected chi connectivity index (χ1v) is 11.9. The number of para-hydroxylation sites is 1. The van der Waals surface area contributed by atoms with Crippen LogP contribution < -0.4 is 10.1 Å². The molecular formula is C29H26ClN3O3. The van der Waals surface area contributed by atoms with Crippen LogP contribution >= 0.6 is 11.6 Å². The maximum atomic E-state index is 13.6. The Bertz CT molecular complexity index is 1250. The summed E-state index contributed by atoms with van der Waals surface area (Å²) in [5.41, 5.74) is 2.45. The van der Waals surface area contributed by atoms with Crippen molar-refractivity contribution < 1.29 is 14.3 Å². The van der Waals surface area contributed by atoms with Crippen LogP contribution in [0.1, 0.15) is 22.7 Å². The molecular weight excluding hydrogens is 474 g/mol. The minimum Gasteiger partial charge on any atom is -0.484 e. The highest BCUT2D eigenvalue weighted by molar-refractivity contribution is 6.30. The van der Waals surface area contributed by atoms with Crippen molar-refractivity contribution in [1.29, 1.82) is 0 Å². The molecule has 7 heteroatoms. The van der Waals surface area contributed by atoms with Crippen molar-refractivity contribution in [3.05, 3.63) is 131 Å². The molecule has 36 heavy (non-hydrogen) atoms. The van der Waals surface area contributed by atoms with Crippen molar-refractivity contribution in [1.82, 2.24) is 15.2 Å². The number of nitrogens with zero attached hydrogens (tertiary/aromatic N) is 2. The van der Waals surface area contributed by atoms with Crippen molar-refractivity contribution in [3.63, 3.8) is 0 Å². The van der Waals surface area contributed by atoms with Crippen molar-refractivity contribution in [2.75, 3.05) is 6.61 Å². The first kappa shape index (κ1) is 24.9. The molecule has 1 aromatic heterocycles. The summed E-state index contributed by atoms with van der Waals surface area (Å²) in [4.78, 5) is 32.7. The summed E-state index contributed by atoms with van der Waals surface area (Å²) < 4.78 is 5.75. The normalized spacial score (nSPS) is 11.4. The Kier molecular flexibility index (Phi) is 8.67. The summed E-state index contributed by atoms with van der Waals surface area (Å²) in [6.45, 7) is 0.309. The minimum atomic E-state index is -0.865. The van der Waals surface area contributed by atoms with E-state index in [0.29, 0.717) is 22.9 Å². The minimum absolute atomic E-state index is 0.205. The number of pyridine rings is 1. The number of halogens is 1. The summed E-state index contributed by atoms with van der Waals surface area (Å²) in [5.74, 6) is -0.0301. The molecule has 6 nitrogen and oxygen atoms in total. The van der Waals surface area contributed by atoms with Crippen LogP contribution in [0, 0.1) is 0 Å². The Labute approximate surface area is 215 Å². The maximum Gasteiger partial charge on any atom is 0.261 e. The zero-order valence-corrected chi connectivity index (χ0v) is 20.3. The molecule has 0 aliphatic carbocycles.